The van der Waals surface area contributed by atoms with Crippen LogP contribution in [0.15, 0.2) is 18.3 Å². The van der Waals surface area contributed by atoms with Crippen LogP contribution in [-0.2, 0) is 6.42 Å². The first kappa shape index (κ1) is 15.3. The molecule has 3 unspecified atom stereocenters. The van der Waals surface area contributed by atoms with E-state index < -0.39 is 0 Å². The first-order valence-corrected chi connectivity index (χ1v) is 7.80. The van der Waals surface area contributed by atoms with Gasteiger partial charge in [-0.2, -0.15) is 0 Å². The van der Waals surface area contributed by atoms with Crippen LogP contribution in [0.4, 0.5) is 5.82 Å². The van der Waals surface area contributed by atoms with E-state index >= 15 is 0 Å². The van der Waals surface area contributed by atoms with E-state index in [1.54, 1.807) is 6.20 Å². The fourth-order valence-electron chi connectivity index (χ4n) is 3.86. The predicted octanol–water partition coefficient (Wildman–Crippen LogP) is 3.26. The summed E-state index contributed by atoms with van der Waals surface area (Å²) in [6.07, 6.45) is 6.70. The summed E-state index contributed by atoms with van der Waals surface area (Å²) >= 11 is 0. The third kappa shape index (κ3) is 3.32. The molecule has 3 nitrogen and oxygen atoms in total. The Labute approximate surface area is 123 Å². The molecule has 1 aromatic heterocycles. The Bertz CT molecular complexity index is 442. The molecule has 0 spiro atoms. The number of nitrogens with zero attached hydrogens (tertiary/aromatic N) is 1. The van der Waals surface area contributed by atoms with Crippen LogP contribution in [0, 0.1) is 17.3 Å². The number of hydrogen-bond donors (Lipinski definition) is 2. The second-order valence-corrected chi connectivity index (χ2v) is 7.13. The lowest BCUT2D eigenvalue weighted by Crippen LogP contribution is -2.46. The zero-order valence-corrected chi connectivity index (χ0v) is 13.3. The minimum Gasteiger partial charge on any atom is -0.383 e. The van der Waals surface area contributed by atoms with Gasteiger partial charge in [-0.05, 0) is 55.2 Å². The van der Waals surface area contributed by atoms with E-state index in [1.807, 2.05) is 6.07 Å². The van der Waals surface area contributed by atoms with Crippen molar-refractivity contribution in [2.24, 2.45) is 17.3 Å². The molecule has 2 rings (SSSR count). The Morgan fingerprint density at radius 1 is 1.40 bits per heavy atom. The largest absolute Gasteiger partial charge is 0.383 e. The van der Waals surface area contributed by atoms with Crippen molar-refractivity contribution in [3.8, 4) is 0 Å². The monoisotopic (exact) mass is 275 g/mol. The molecule has 0 amide bonds. The first-order chi connectivity index (χ1) is 9.44. The maximum absolute atomic E-state index is 6.02. The molecule has 0 radical (unpaired) electrons. The molecule has 1 aliphatic rings. The van der Waals surface area contributed by atoms with E-state index in [0.717, 1.165) is 12.3 Å². The zero-order valence-electron chi connectivity index (χ0n) is 13.3. The van der Waals surface area contributed by atoms with Gasteiger partial charge in [0.1, 0.15) is 5.82 Å². The molecule has 20 heavy (non-hydrogen) atoms. The van der Waals surface area contributed by atoms with Crippen molar-refractivity contribution >= 4 is 5.82 Å². The maximum atomic E-state index is 6.02. The number of rotatable bonds is 4. The Morgan fingerprint density at radius 2 is 2.15 bits per heavy atom. The van der Waals surface area contributed by atoms with E-state index in [2.05, 4.69) is 44.2 Å². The SMILES string of the molecule is CNC1CC(C)CCC1C(C)(C)Cc1cccnc1N. The Morgan fingerprint density at radius 3 is 2.80 bits per heavy atom. The van der Waals surface area contributed by atoms with Crippen LogP contribution in [0.1, 0.15) is 45.6 Å². The molecule has 112 valence electrons. The summed E-state index contributed by atoms with van der Waals surface area (Å²) < 4.78 is 0. The van der Waals surface area contributed by atoms with E-state index in [9.17, 15) is 0 Å². The number of nitrogens with two attached hydrogens (primary N) is 1. The molecule has 3 atom stereocenters. The molecule has 1 fully saturated rings. The van der Waals surface area contributed by atoms with E-state index in [4.69, 9.17) is 5.73 Å². The van der Waals surface area contributed by atoms with Crippen molar-refractivity contribution < 1.29 is 0 Å². The second kappa shape index (κ2) is 6.13. The molecule has 1 aromatic rings. The molecule has 1 heterocycles. The summed E-state index contributed by atoms with van der Waals surface area (Å²) in [5, 5.41) is 3.54. The lowest BCUT2D eigenvalue weighted by Gasteiger charge is -2.44. The van der Waals surface area contributed by atoms with Crippen LogP contribution in [0.2, 0.25) is 0 Å². The average Bonchev–Trinajstić information content (AvgIpc) is 2.40. The highest BCUT2D eigenvalue weighted by atomic mass is 14.9. The highest BCUT2D eigenvalue weighted by molar-refractivity contribution is 5.39. The van der Waals surface area contributed by atoms with Crippen LogP contribution in [-0.4, -0.2) is 18.1 Å². The van der Waals surface area contributed by atoms with Crippen molar-refractivity contribution in [3.05, 3.63) is 23.9 Å². The summed E-state index contributed by atoms with van der Waals surface area (Å²) in [7, 11) is 2.10. The van der Waals surface area contributed by atoms with Gasteiger partial charge in [0.15, 0.2) is 0 Å². The van der Waals surface area contributed by atoms with Gasteiger partial charge < -0.3 is 11.1 Å². The first-order valence-electron chi connectivity index (χ1n) is 7.80. The lowest BCUT2D eigenvalue weighted by molar-refractivity contribution is 0.0981. The zero-order chi connectivity index (χ0) is 14.8. The summed E-state index contributed by atoms with van der Waals surface area (Å²) in [5.41, 5.74) is 7.45. The minimum atomic E-state index is 0.241. The highest BCUT2D eigenvalue weighted by Crippen LogP contribution is 2.42. The van der Waals surface area contributed by atoms with E-state index in [-0.39, 0.29) is 5.41 Å². The Kier molecular flexibility index (Phi) is 4.69. The van der Waals surface area contributed by atoms with Gasteiger partial charge in [0.05, 0.1) is 0 Å². The van der Waals surface area contributed by atoms with Crippen molar-refractivity contribution in [1.29, 1.82) is 0 Å². The third-order valence-electron chi connectivity index (χ3n) is 5.06. The molecular weight excluding hydrogens is 246 g/mol. The average molecular weight is 275 g/mol. The van der Waals surface area contributed by atoms with E-state index in [0.29, 0.717) is 17.8 Å². The number of nitrogens with one attached hydrogen (secondary N) is 1. The van der Waals surface area contributed by atoms with Crippen LogP contribution >= 0.6 is 0 Å². The summed E-state index contributed by atoms with van der Waals surface area (Å²) in [4.78, 5) is 4.22. The molecule has 1 saturated carbocycles. The van der Waals surface area contributed by atoms with Gasteiger partial charge in [0.25, 0.3) is 0 Å². The minimum absolute atomic E-state index is 0.241. The number of pyridine rings is 1. The normalized spacial score (nSPS) is 27.5. The van der Waals surface area contributed by atoms with Crippen molar-refractivity contribution in [1.82, 2.24) is 10.3 Å². The van der Waals surface area contributed by atoms with Gasteiger partial charge in [-0.15, -0.1) is 0 Å². The lowest BCUT2D eigenvalue weighted by atomic mass is 9.64. The van der Waals surface area contributed by atoms with Gasteiger partial charge in [-0.3, -0.25) is 0 Å². The molecule has 0 bridgehead atoms. The summed E-state index contributed by atoms with van der Waals surface area (Å²) in [5.74, 6) is 2.22. The number of aromatic nitrogens is 1. The molecule has 0 aliphatic heterocycles. The molecular formula is C17H29N3. The Hall–Kier alpha value is -1.09. The fraction of sp³-hybridized carbons (Fsp3) is 0.706. The number of anilines is 1. The van der Waals surface area contributed by atoms with Gasteiger partial charge >= 0.3 is 0 Å². The summed E-state index contributed by atoms with van der Waals surface area (Å²) in [6, 6.07) is 4.72. The van der Waals surface area contributed by atoms with Crippen LogP contribution in [0.25, 0.3) is 0 Å². The second-order valence-electron chi connectivity index (χ2n) is 7.13. The highest BCUT2D eigenvalue weighted by Gasteiger charge is 2.38. The fourth-order valence-corrected chi connectivity index (χ4v) is 3.86. The van der Waals surface area contributed by atoms with Gasteiger partial charge in [-0.25, -0.2) is 4.98 Å². The van der Waals surface area contributed by atoms with Crippen LogP contribution in [0.5, 0.6) is 0 Å². The number of nitrogen functional groups attached to an aromatic ring is 1. The quantitative estimate of drug-likeness (QED) is 0.887. The van der Waals surface area contributed by atoms with Gasteiger partial charge in [0.2, 0.25) is 0 Å². The van der Waals surface area contributed by atoms with Gasteiger partial charge in [-0.1, -0.05) is 33.3 Å². The van der Waals surface area contributed by atoms with Crippen molar-refractivity contribution in [3.63, 3.8) is 0 Å². The number of hydrogen-bond acceptors (Lipinski definition) is 3. The predicted molar refractivity (Wildman–Crippen MR) is 85.5 cm³/mol. The van der Waals surface area contributed by atoms with Gasteiger partial charge in [0, 0.05) is 12.2 Å². The van der Waals surface area contributed by atoms with E-state index in [1.165, 1.54) is 24.8 Å². The standard InChI is InChI=1S/C17H29N3/c1-12-7-8-14(15(10-12)19-4)17(2,3)11-13-6-5-9-20-16(13)18/h5-6,9,12,14-15,19H,7-8,10-11H2,1-4H3,(H2,18,20). The van der Waals surface area contributed by atoms with Crippen LogP contribution < -0.4 is 11.1 Å². The smallest absolute Gasteiger partial charge is 0.126 e. The molecule has 1 aliphatic carbocycles. The maximum Gasteiger partial charge on any atom is 0.126 e. The van der Waals surface area contributed by atoms with Crippen molar-refractivity contribution in [2.75, 3.05) is 12.8 Å². The van der Waals surface area contributed by atoms with Crippen molar-refractivity contribution in [2.45, 2.75) is 52.5 Å². The molecule has 0 saturated heterocycles. The summed E-state index contributed by atoms with van der Waals surface area (Å²) in [6.45, 7) is 7.13. The molecule has 3 N–H and O–H groups in total. The Balaban J connectivity index is 2.14. The molecule has 3 heteroatoms. The topological polar surface area (TPSA) is 50.9 Å². The third-order valence-corrected chi connectivity index (χ3v) is 5.06. The molecule has 0 aromatic carbocycles. The van der Waals surface area contributed by atoms with Crippen LogP contribution in [0.3, 0.4) is 0 Å².